The Kier molecular flexibility index (Phi) is 5.78. The minimum Gasteiger partial charge on any atom is -0.481 e. The SMILES string of the molecule is O=C(O)C1CCC(NC(=O)N2CCN(c3ccccc3[N+](=O)[O-])CC2)CC1. The summed E-state index contributed by atoms with van der Waals surface area (Å²) < 4.78 is 0. The molecule has 0 bridgehead atoms. The second-order valence-electron chi connectivity index (χ2n) is 7.06. The van der Waals surface area contributed by atoms with Crippen LogP contribution in [0.3, 0.4) is 0 Å². The van der Waals surface area contributed by atoms with Crippen molar-refractivity contribution in [2.45, 2.75) is 31.7 Å². The third-order valence-electron chi connectivity index (χ3n) is 5.39. The van der Waals surface area contributed by atoms with Gasteiger partial charge in [-0.25, -0.2) is 4.79 Å². The number of carboxylic acid groups (broad SMARTS) is 1. The van der Waals surface area contributed by atoms with E-state index in [0.717, 1.165) is 0 Å². The Labute approximate surface area is 157 Å². The number of nitro benzene ring substituents is 1. The minimum atomic E-state index is -0.758. The summed E-state index contributed by atoms with van der Waals surface area (Å²) in [5, 5.41) is 23.2. The summed E-state index contributed by atoms with van der Waals surface area (Å²) in [5.41, 5.74) is 0.653. The predicted molar refractivity (Wildman–Crippen MR) is 98.8 cm³/mol. The van der Waals surface area contributed by atoms with Crippen molar-refractivity contribution in [1.29, 1.82) is 0 Å². The van der Waals surface area contributed by atoms with E-state index in [-0.39, 0.29) is 28.6 Å². The third kappa shape index (κ3) is 4.47. The molecule has 0 unspecified atom stereocenters. The van der Waals surface area contributed by atoms with Crippen molar-refractivity contribution in [3.8, 4) is 0 Å². The summed E-state index contributed by atoms with van der Waals surface area (Å²) in [6.45, 7) is 2.04. The lowest BCUT2D eigenvalue weighted by atomic mass is 9.86. The van der Waals surface area contributed by atoms with E-state index in [2.05, 4.69) is 5.32 Å². The van der Waals surface area contributed by atoms with Crippen LogP contribution in [-0.2, 0) is 4.79 Å². The van der Waals surface area contributed by atoms with E-state index in [1.807, 2.05) is 4.90 Å². The summed E-state index contributed by atoms with van der Waals surface area (Å²) in [4.78, 5) is 37.9. The fourth-order valence-electron chi connectivity index (χ4n) is 3.79. The average Bonchev–Trinajstić information content (AvgIpc) is 2.68. The first-order chi connectivity index (χ1) is 13.0. The number of nitrogens with one attached hydrogen (secondary N) is 1. The molecule has 2 fully saturated rings. The lowest BCUT2D eigenvalue weighted by Gasteiger charge is -2.37. The van der Waals surface area contributed by atoms with Crippen molar-refractivity contribution >= 4 is 23.4 Å². The quantitative estimate of drug-likeness (QED) is 0.614. The zero-order valence-corrected chi connectivity index (χ0v) is 15.0. The molecule has 2 N–H and O–H groups in total. The van der Waals surface area contributed by atoms with Gasteiger partial charge >= 0.3 is 12.0 Å². The minimum absolute atomic E-state index is 0.0151. The molecule has 0 spiro atoms. The Morgan fingerprint density at radius 2 is 1.70 bits per heavy atom. The topological polar surface area (TPSA) is 116 Å². The second kappa shape index (κ2) is 8.24. The molecule has 0 atom stereocenters. The highest BCUT2D eigenvalue weighted by Crippen LogP contribution is 2.28. The Morgan fingerprint density at radius 3 is 2.30 bits per heavy atom. The normalized spacial score (nSPS) is 23.0. The molecule has 1 heterocycles. The number of piperazine rings is 1. The van der Waals surface area contributed by atoms with Gasteiger partial charge in [0.1, 0.15) is 5.69 Å². The smallest absolute Gasteiger partial charge is 0.317 e. The molecule has 1 aliphatic heterocycles. The van der Waals surface area contributed by atoms with Crippen LogP contribution in [-0.4, -0.2) is 59.2 Å². The lowest BCUT2D eigenvalue weighted by molar-refractivity contribution is -0.384. The zero-order valence-electron chi connectivity index (χ0n) is 15.0. The number of nitro groups is 1. The van der Waals surface area contributed by atoms with Crippen molar-refractivity contribution < 1.29 is 19.6 Å². The zero-order chi connectivity index (χ0) is 19.4. The van der Waals surface area contributed by atoms with Crippen LogP contribution in [0, 0.1) is 16.0 Å². The maximum atomic E-state index is 12.5. The summed E-state index contributed by atoms with van der Waals surface area (Å²) in [5.74, 6) is -1.06. The molecule has 3 rings (SSSR count). The van der Waals surface area contributed by atoms with Crippen LogP contribution in [0.25, 0.3) is 0 Å². The van der Waals surface area contributed by atoms with Crippen molar-refractivity contribution in [2.24, 2.45) is 5.92 Å². The number of benzene rings is 1. The summed E-state index contributed by atoms with van der Waals surface area (Å²) >= 11 is 0. The number of anilines is 1. The van der Waals surface area contributed by atoms with E-state index in [1.165, 1.54) is 6.07 Å². The number of urea groups is 1. The largest absolute Gasteiger partial charge is 0.481 e. The Balaban J connectivity index is 1.50. The van der Waals surface area contributed by atoms with E-state index in [9.17, 15) is 19.7 Å². The number of aliphatic carboxylic acids is 1. The summed E-state index contributed by atoms with van der Waals surface area (Å²) in [6.07, 6.45) is 2.54. The molecular weight excluding hydrogens is 352 g/mol. The number of carboxylic acids is 1. The first-order valence-corrected chi connectivity index (χ1v) is 9.22. The van der Waals surface area contributed by atoms with Gasteiger partial charge in [-0.1, -0.05) is 12.1 Å². The number of rotatable bonds is 4. The number of amides is 2. The highest BCUT2D eigenvalue weighted by Gasteiger charge is 2.29. The monoisotopic (exact) mass is 376 g/mol. The predicted octanol–water partition coefficient (Wildman–Crippen LogP) is 2.07. The van der Waals surface area contributed by atoms with Crippen LogP contribution in [0.4, 0.5) is 16.2 Å². The molecule has 0 radical (unpaired) electrons. The van der Waals surface area contributed by atoms with E-state index in [0.29, 0.717) is 57.5 Å². The van der Waals surface area contributed by atoms with Gasteiger partial charge in [0.2, 0.25) is 0 Å². The Morgan fingerprint density at radius 1 is 1.07 bits per heavy atom. The molecule has 9 nitrogen and oxygen atoms in total. The first-order valence-electron chi connectivity index (χ1n) is 9.22. The molecule has 146 valence electrons. The fraction of sp³-hybridized carbons (Fsp3) is 0.556. The average molecular weight is 376 g/mol. The number of hydrogen-bond donors (Lipinski definition) is 2. The third-order valence-corrected chi connectivity index (χ3v) is 5.39. The molecule has 27 heavy (non-hydrogen) atoms. The molecule has 1 saturated heterocycles. The number of carbonyl (C=O) groups is 2. The van der Waals surface area contributed by atoms with Crippen molar-refractivity contribution in [3.05, 3.63) is 34.4 Å². The van der Waals surface area contributed by atoms with Gasteiger partial charge in [0.05, 0.1) is 10.8 Å². The van der Waals surface area contributed by atoms with Crippen LogP contribution in [0.1, 0.15) is 25.7 Å². The maximum Gasteiger partial charge on any atom is 0.317 e. The molecule has 1 saturated carbocycles. The number of carbonyl (C=O) groups excluding carboxylic acids is 1. The van der Waals surface area contributed by atoms with Gasteiger partial charge in [-0.3, -0.25) is 14.9 Å². The summed E-state index contributed by atoms with van der Waals surface area (Å²) in [6, 6.07) is 6.51. The second-order valence-corrected chi connectivity index (χ2v) is 7.06. The fourth-order valence-corrected chi connectivity index (χ4v) is 3.79. The maximum absolute atomic E-state index is 12.5. The molecule has 2 amide bonds. The highest BCUT2D eigenvalue weighted by atomic mass is 16.6. The molecule has 0 aromatic heterocycles. The van der Waals surface area contributed by atoms with Gasteiger partial charge in [0, 0.05) is 38.3 Å². The molecule has 9 heteroatoms. The Bertz CT molecular complexity index is 709. The first kappa shape index (κ1) is 18.9. The van der Waals surface area contributed by atoms with Crippen molar-refractivity contribution in [1.82, 2.24) is 10.2 Å². The number of hydrogen-bond acceptors (Lipinski definition) is 5. The highest BCUT2D eigenvalue weighted by molar-refractivity contribution is 5.75. The lowest BCUT2D eigenvalue weighted by Crippen LogP contribution is -2.54. The van der Waals surface area contributed by atoms with E-state index < -0.39 is 5.97 Å². The molecule has 1 aromatic carbocycles. The number of nitrogens with zero attached hydrogens (tertiary/aromatic N) is 3. The van der Waals surface area contributed by atoms with Gasteiger partial charge in [-0.2, -0.15) is 0 Å². The standard InChI is InChI=1S/C18H24N4O5/c23-17(24)13-5-7-14(8-6-13)19-18(25)21-11-9-20(10-12-21)15-3-1-2-4-16(15)22(26)27/h1-4,13-14H,5-12H2,(H,19,25)(H,23,24). The van der Waals surface area contributed by atoms with Crippen LogP contribution in [0.5, 0.6) is 0 Å². The molecule has 1 aromatic rings. The van der Waals surface area contributed by atoms with Crippen molar-refractivity contribution in [2.75, 3.05) is 31.1 Å². The van der Waals surface area contributed by atoms with Gasteiger partial charge in [0.25, 0.3) is 5.69 Å². The van der Waals surface area contributed by atoms with Crippen LogP contribution in [0.15, 0.2) is 24.3 Å². The van der Waals surface area contributed by atoms with E-state index >= 15 is 0 Å². The van der Waals surface area contributed by atoms with Gasteiger partial charge in [0.15, 0.2) is 0 Å². The van der Waals surface area contributed by atoms with Gasteiger partial charge in [-0.15, -0.1) is 0 Å². The Hall–Kier alpha value is -2.84. The molecule has 1 aliphatic carbocycles. The van der Waals surface area contributed by atoms with Crippen LogP contribution < -0.4 is 10.2 Å². The van der Waals surface area contributed by atoms with Crippen LogP contribution >= 0.6 is 0 Å². The molecule has 2 aliphatic rings. The van der Waals surface area contributed by atoms with Gasteiger partial charge in [-0.05, 0) is 31.7 Å². The van der Waals surface area contributed by atoms with Crippen LogP contribution in [0.2, 0.25) is 0 Å². The molecular formula is C18H24N4O5. The van der Waals surface area contributed by atoms with E-state index in [4.69, 9.17) is 5.11 Å². The van der Waals surface area contributed by atoms with Crippen molar-refractivity contribution in [3.63, 3.8) is 0 Å². The number of para-hydroxylation sites is 2. The van der Waals surface area contributed by atoms with E-state index in [1.54, 1.807) is 23.1 Å². The summed E-state index contributed by atoms with van der Waals surface area (Å²) in [7, 11) is 0. The van der Waals surface area contributed by atoms with Gasteiger partial charge < -0.3 is 20.2 Å².